The molecule has 160 valence electrons. The summed E-state index contributed by atoms with van der Waals surface area (Å²) in [6, 6.07) is 15.3. The molecule has 0 aliphatic heterocycles. The molecule has 2 aromatic rings. The van der Waals surface area contributed by atoms with E-state index in [0.717, 1.165) is 34.9 Å². The summed E-state index contributed by atoms with van der Waals surface area (Å²) in [7, 11) is 1.63. The van der Waals surface area contributed by atoms with Gasteiger partial charge in [0.2, 0.25) is 5.91 Å². The number of hydrogen-bond donors (Lipinski definition) is 1. The molecule has 0 radical (unpaired) electrons. The van der Waals surface area contributed by atoms with Gasteiger partial charge in [0, 0.05) is 11.6 Å². The van der Waals surface area contributed by atoms with E-state index < -0.39 is 0 Å². The van der Waals surface area contributed by atoms with Gasteiger partial charge in [0.25, 0.3) is 0 Å². The minimum atomic E-state index is -0.0939. The van der Waals surface area contributed by atoms with Crippen molar-refractivity contribution in [1.29, 1.82) is 0 Å². The second-order valence-electron chi connectivity index (χ2n) is 6.59. The normalized spacial score (nSPS) is 10.1. The van der Waals surface area contributed by atoms with Crippen LogP contribution in [0, 0.1) is 0 Å². The summed E-state index contributed by atoms with van der Waals surface area (Å²) in [4.78, 5) is 11.6. The Hall–Kier alpha value is -2.24. The number of ether oxygens (including phenoxy) is 3. The molecule has 1 N–H and O–H groups in total. The minimum absolute atomic E-state index is 0.0608. The van der Waals surface area contributed by atoms with E-state index in [9.17, 15) is 4.79 Å². The average molecular weight is 422 g/mol. The van der Waals surface area contributed by atoms with Crippen LogP contribution in [0.2, 0.25) is 5.02 Å². The lowest BCUT2D eigenvalue weighted by molar-refractivity contribution is -0.127. The number of hydrogen-bond acceptors (Lipinski definition) is 4. The Labute approximate surface area is 179 Å². The number of benzene rings is 2. The zero-order valence-corrected chi connectivity index (χ0v) is 18.5. The predicted octanol–water partition coefficient (Wildman–Crippen LogP) is 4.91. The van der Waals surface area contributed by atoms with E-state index in [-0.39, 0.29) is 18.6 Å². The fraction of sp³-hybridized carbons (Fsp3) is 0.435. The first-order valence-electron chi connectivity index (χ1n) is 9.84. The van der Waals surface area contributed by atoms with Gasteiger partial charge in [0.1, 0.15) is 6.61 Å². The van der Waals surface area contributed by atoms with Crippen LogP contribution in [0.15, 0.2) is 48.5 Å². The topological polar surface area (TPSA) is 56.8 Å². The van der Waals surface area contributed by atoms with Crippen molar-refractivity contribution in [2.24, 2.45) is 0 Å². The molecule has 5 nitrogen and oxygen atoms in total. The minimum Gasteiger partial charge on any atom is -0.493 e. The second kappa shape index (κ2) is 14.7. The lowest BCUT2D eigenvalue weighted by atomic mass is 10.1. The number of amides is 1. The first-order chi connectivity index (χ1) is 14.0. The van der Waals surface area contributed by atoms with Crippen molar-refractivity contribution in [2.75, 3.05) is 26.9 Å². The van der Waals surface area contributed by atoms with Gasteiger partial charge in [0.15, 0.2) is 11.5 Å². The third-order valence-electron chi connectivity index (χ3n) is 3.71. The SMILES string of the molecule is CCCOc1ccc(CCNC(=O)COC(C)C)cc1OC.Clc1ccccc1. The Morgan fingerprint density at radius 1 is 1.10 bits per heavy atom. The second-order valence-corrected chi connectivity index (χ2v) is 7.03. The standard InChI is InChI=1S/C17H27NO4.C6H5Cl/c1-5-10-21-15-7-6-14(11-16(15)20-4)8-9-18-17(19)12-22-13(2)3;7-6-4-2-1-3-5-6/h6-7,11,13H,5,8-10,12H2,1-4H3,(H,18,19);1-5H. The van der Waals surface area contributed by atoms with Crippen LogP contribution in [0.1, 0.15) is 32.8 Å². The molecule has 29 heavy (non-hydrogen) atoms. The van der Waals surface area contributed by atoms with Crippen LogP contribution in [0.25, 0.3) is 0 Å². The molecule has 0 atom stereocenters. The van der Waals surface area contributed by atoms with E-state index in [1.165, 1.54) is 0 Å². The molecule has 6 heteroatoms. The third-order valence-corrected chi connectivity index (χ3v) is 3.96. The Morgan fingerprint density at radius 3 is 2.38 bits per heavy atom. The van der Waals surface area contributed by atoms with Gasteiger partial charge >= 0.3 is 0 Å². The number of halogens is 1. The van der Waals surface area contributed by atoms with Crippen molar-refractivity contribution < 1.29 is 19.0 Å². The van der Waals surface area contributed by atoms with Gasteiger partial charge in [-0.05, 0) is 56.5 Å². The maximum atomic E-state index is 11.6. The summed E-state index contributed by atoms with van der Waals surface area (Å²) < 4.78 is 16.2. The van der Waals surface area contributed by atoms with E-state index in [2.05, 4.69) is 12.2 Å². The van der Waals surface area contributed by atoms with E-state index in [1.807, 2.05) is 62.4 Å². The van der Waals surface area contributed by atoms with Gasteiger partial charge in [-0.25, -0.2) is 0 Å². The van der Waals surface area contributed by atoms with Crippen molar-refractivity contribution in [3.63, 3.8) is 0 Å². The summed E-state index contributed by atoms with van der Waals surface area (Å²) in [6.07, 6.45) is 1.75. The molecule has 0 aromatic heterocycles. The van der Waals surface area contributed by atoms with Crippen LogP contribution in [0.3, 0.4) is 0 Å². The number of nitrogens with one attached hydrogen (secondary N) is 1. The highest BCUT2D eigenvalue weighted by Gasteiger charge is 2.07. The van der Waals surface area contributed by atoms with Crippen LogP contribution < -0.4 is 14.8 Å². The molecule has 0 saturated heterocycles. The van der Waals surface area contributed by atoms with Crippen molar-refractivity contribution in [2.45, 2.75) is 39.7 Å². The van der Waals surface area contributed by atoms with Gasteiger partial charge in [-0.2, -0.15) is 0 Å². The van der Waals surface area contributed by atoms with E-state index in [4.69, 9.17) is 25.8 Å². The summed E-state index contributed by atoms with van der Waals surface area (Å²) in [5, 5.41) is 3.63. The van der Waals surface area contributed by atoms with Crippen molar-refractivity contribution in [3.05, 3.63) is 59.1 Å². The average Bonchev–Trinajstić information content (AvgIpc) is 2.72. The van der Waals surface area contributed by atoms with Crippen LogP contribution in [0.5, 0.6) is 11.5 Å². The first kappa shape index (κ1) is 24.8. The molecule has 0 aliphatic carbocycles. The third kappa shape index (κ3) is 11.4. The number of carbonyl (C=O) groups is 1. The highest BCUT2D eigenvalue weighted by molar-refractivity contribution is 6.30. The zero-order valence-electron chi connectivity index (χ0n) is 17.7. The number of methoxy groups -OCH3 is 1. The van der Waals surface area contributed by atoms with Crippen LogP contribution in [-0.4, -0.2) is 38.9 Å². The Bertz CT molecular complexity index is 707. The molecule has 0 bridgehead atoms. The monoisotopic (exact) mass is 421 g/mol. The number of rotatable bonds is 10. The summed E-state index contributed by atoms with van der Waals surface area (Å²) >= 11 is 5.54. The fourth-order valence-electron chi connectivity index (χ4n) is 2.25. The maximum absolute atomic E-state index is 11.6. The molecule has 0 unspecified atom stereocenters. The molecule has 0 aliphatic rings. The number of carbonyl (C=O) groups excluding carboxylic acids is 1. The molecule has 2 aromatic carbocycles. The van der Waals surface area contributed by atoms with Gasteiger partial charge < -0.3 is 19.5 Å². The lowest BCUT2D eigenvalue weighted by Gasteiger charge is -2.12. The molecule has 0 heterocycles. The maximum Gasteiger partial charge on any atom is 0.246 e. The van der Waals surface area contributed by atoms with Gasteiger partial charge in [-0.1, -0.05) is 42.8 Å². The summed E-state index contributed by atoms with van der Waals surface area (Å²) in [6.45, 7) is 7.21. The quantitative estimate of drug-likeness (QED) is 0.592. The van der Waals surface area contributed by atoms with Gasteiger partial charge in [-0.3, -0.25) is 4.79 Å². The van der Waals surface area contributed by atoms with Crippen molar-refractivity contribution in [3.8, 4) is 11.5 Å². The van der Waals surface area contributed by atoms with Crippen molar-refractivity contribution >= 4 is 17.5 Å². The van der Waals surface area contributed by atoms with E-state index in [0.29, 0.717) is 13.2 Å². The van der Waals surface area contributed by atoms with Crippen molar-refractivity contribution in [1.82, 2.24) is 5.32 Å². The Morgan fingerprint density at radius 2 is 1.83 bits per heavy atom. The smallest absolute Gasteiger partial charge is 0.246 e. The van der Waals surface area contributed by atoms with E-state index in [1.54, 1.807) is 7.11 Å². The van der Waals surface area contributed by atoms with Crippen LogP contribution >= 0.6 is 11.6 Å². The molecule has 0 saturated carbocycles. The van der Waals surface area contributed by atoms with Gasteiger partial charge in [-0.15, -0.1) is 0 Å². The Balaban J connectivity index is 0.000000502. The van der Waals surface area contributed by atoms with Gasteiger partial charge in [0.05, 0.1) is 19.8 Å². The fourth-order valence-corrected chi connectivity index (χ4v) is 2.40. The highest BCUT2D eigenvalue weighted by atomic mass is 35.5. The molecule has 0 fully saturated rings. The Kier molecular flexibility index (Phi) is 12.6. The lowest BCUT2D eigenvalue weighted by Crippen LogP contribution is -2.30. The predicted molar refractivity (Wildman–Crippen MR) is 118 cm³/mol. The molecule has 1 amide bonds. The summed E-state index contributed by atoms with van der Waals surface area (Å²) in [5.41, 5.74) is 1.09. The molecule has 2 rings (SSSR count). The molecular weight excluding hydrogens is 390 g/mol. The molecular formula is C23H32ClNO4. The van der Waals surface area contributed by atoms with E-state index >= 15 is 0 Å². The highest BCUT2D eigenvalue weighted by Crippen LogP contribution is 2.28. The summed E-state index contributed by atoms with van der Waals surface area (Å²) in [5.74, 6) is 1.38. The van der Waals surface area contributed by atoms with Crippen LogP contribution in [0.4, 0.5) is 0 Å². The van der Waals surface area contributed by atoms with Crippen LogP contribution in [-0.2, 0) is 16.0 Å². The first-order valence-corrected chi connectivity index (χ1v) is 10.2. The zero-order chi connectivity index (χ0) is 21.5. The largest absolute Gasteiger partial charge is 0.493 e. The molecule has 0 spiro atoms.